The zero-order valence-corrected chi connectivity index (χ0v) is 14.8. The van der Waals surface area contributed by atoms with Crippen molar-refractivity contribution in [1.29, 1.82) is 5.26 Å². The van der Waals surface area contributed by atoms with Crippen LogP contribution in [0.3, 0.4) is 0 Å². The molecular formula is C16H17N5OS2. The van der Waals surface area contributed by atoms with E-state index in [1.807, 2.05) is 31.2 Å². The van der Waals surface area contributed by atoms with Crippen LogP contribution in [0.2, 0.25) is 0 Å². The fraction of sp³-hybridized carbons (Fsp3) is 0.375. The van der Waals surface area contributed by atoms with Gasteiger partial charge in [-0.1, -0.05) is 29.8 Å². The number of aromatic nitrogens is 3. The van der Waals surface area contributed by atoms with Gasteiger partial charge < -0.3 is 5.32 Å². The van der Waals surface area contributed by atoms with Gasteiger partial charge in [0.1, 0.15) is 12.1 Å². The van der Waals surface area contributed by atoms with Crippen molar-refractivity contribution in [2.24, 2.45) is 0 Å². The Balaban J connectivity index is 1.82. The number of carbonyl (C=O) groups excluding carboxylic acids is 1. The molecule has 1 amide bonds. The van der Waals surface area contributed by atoms with E-state index in [0.29, 0.717) is 22.8 Å². The number of rotatable bonds is 4. The number of nitrogens with zero attached hydrogens (tertiary/aromatic N) is 3. The molecule has 1 fully saturated rings. The second-order valence-corrected chi connectivity index (χ2v) is 7.34. The molecule has 8 heteroatoms. The summed E-state index contributed by atoms with van der Waals surface area (Å²) in [4.78, 5) is 12.4. The number of amides is 1. The summed E-state index contributed by atoms with van der Waals surface area (Å²) in [5, 5.41) is 19.2. The number of H-pyrrole nitrogens is 1. The maximum Gasteiger partial charge on any atom is 0.241 e. The van der Waals surface area contributed by atoms with Gasteiger partial charge in [-0.25, -0.2) is 0 Å². The molecule has 6 nitrogen and oxygen atoms in total. The number of hydrogen-bond donors (Lipinski definition) is 2. The molecule has 1 aliphatic rings. The first kappa shape index (κ1) is 16.7. The molecule has 1 aromatic heterocycles. The van der Waals surface area contributed by atoms with Gasteiger partial charge in [-0.3, -0.25) is 14.5 Å². The number of benzene rings is 1. The van der Waals surface area contributed by atoms with Crippen LogP contribution in [-0.4, -0.2) is 37.7 Å². The first-order valence-electron chi connectivity index (χ1n) is 7.55. The number of nitriles is 1. The third-order valence-electron chi connectivity index (χ3n) is 3.98. The van der Waals surface area contributed by atoms with Crippen LogP contribution >= 0.6 is 24.0 Å². The second-order valence-electron chi connectivity index (χ2n) is 5.85. The van der Waals surface area contributed by atoms with E-state index in [0.717, 1.165) is 16.9 Å². The molecule has 0 radical (unpaired) electrons. The lowest BCUT2D eigenvalue weighted by Crippen LogP contribution is -2.48. The van der Waals surface area contributed by atoms with Crippen LogP contribution in [0.15, 0.2) is 24.3 Å². The minimum absolute atomic E-state index is 0.0344. The van der Waals surface area contributed by atoms with Gasteiger partial charge in [-0.2, -0.15) is 22.1 Å². The van der Waals surface area contributed by atoms with Gasteiger partial charge in [0.25, 0.3) is 0 Å². The van der Waals surface area contributed by atoms with Gasteiger partial charge in [0, 0.05) is 11.3 Å². The Labute approximate surface area is 149 Å². The predicted molar refractivity (Wildman–Crippen MR) is 96.0 cm³/mol. The van der Waals surface area contributed by atoms with Crippen LogP contribution in [0.1, 0.15) is 12.0 Å². The highest BCUT2D eigenvalue weighted by Gasteiger charge is 2.36. The Kier molecular flexibility index (Phi) is 4.73. The van der Waals surface area contributed by atoms with Gasteiger partial charge >= 0.3 is 0 Å². The van der Waals surface area contributed by atoms with Gasteiger partial charge in [0.2, 0.25) is 5.91 Å². The summed E-state index contributed by atoms with van der Waals surface area (Å²) in [5.74, 6) is 1.89. The summed E-state index contributed by atoms with van der Waals surface area (Å²) >= 11 is 6.93. The topological polar surface area (TPSA) is 86.5 Å². The van der Waals surface area contributed by atoms with Crippen LogP contribution in [0.4, 0.5) is 0 Å². The largest absolute Gasteiger partial charge is 0.336 e. The molecule has 1 aliphatic heterocycles. The van der Waals surface area contributed by atoms with Crippen LogP contribution < -0.4 is 5.32 Å². The maximum absolute atomic E-state index is 12.4. The van der Waals surface area contributed by atoms with Crippen LogP contribution in [0, 0.1) is 23.0 Å². The molecule has 2 N–H and O–H groups in total. The molecule has 2 heterocycles. The quantitative estimate of drug-likeness (QED) is 0.819. The minimum Gasteiger partial charge on any atom is -0.336 e. The van der Waals surface area contributed by atoms with Crippen molar-refractivity contribution in [2.75, 3.05) is 11.5 Å². The monoisotopic (exact) mass is 359 g/mol. The second kappa shape index (κ2) is 6.79. The van der Waals surface area contributed by atoms with Crippen LogP contribution in [-0.2, 0) is 11.3 Å². The zero-order valence-electron chi connectivity index (χ0n) is 13.2. The molecule has 0 saturated carbocycles. The summed E-state index contributed by atoms with van der Waals surface area (Å²) in [6, 6.07) is 10.1. The molecule has 0 spiro atoms. The van der Waals surface area contributed by atoms with Gasteiger partial charge in [-0.15, -0.1) is 0 Å². The fourth-order valence-corrected chi connectivity index (χ4v) is 4.08. The van der Waals surface area contributed by atoms with Gasteiger partial charge in [-0.05, 0) is 31.3 Å². The standard InChI is InChI=1S/C16H17N5OS2/c1-11-2-4-12(5-3-11)14-19-20-15(23)21(14)8-13(22)18-16(9-17)6-7-24-10-16/h2-5H,6-8,10H2,1H3,(H,18,22)(H,20,23)/t16-/m1/s1. The number of aromatic amines is 1. The van der Waals surface area contributed by atoms with Crippen molar-refractivity contribution in [3.8, 4) is 17.5 Å². The average Bonchev–Trinajstić information content (AvgIpc) is 3.17. The predicted octanol–water partition coefficient (Wildman–Crippen LogP) is 2.43. The number of hydrogen-bond acceptors (Lipinski definition) is 5. The van der Waals surface area contributed by atoms with Gasteiger partial charge in [0.05, 0.1) is 6.07 Å². The molecular weight excluding hydrogens is 342 g/mol. The highest BCUT2D eigenvalue weighted by Crippen LogP contribution is 2.27. The summed E-state index contributed by atoms with van der Waals surface area (Å²) in [6.07, 6.45) is 0.668. The smallest absolute Gasteiger partial charge is 0.241 e. The molecule has 0 unspecified atom stereocenters. The zero-order chi connectivity index (χ0) is 17.2. The molecule has 2 aromatic rings. The molecule has 3 rings (SSSR count). The molecule has 0 aliphatic carbocycles. The number of thioether (sulfide) groups is 1. The Morgan fingerprint density at radius 1 is 1.54 bits per heavy atom. The summed E-state index contributed by atoms with van der Waals surface area (Å²) in [6.45, 7) is 2.04. The van der Waals surface area contributed by atoms with Crippen LogP contribution in [0.5, 0.6) is 0 Å². The Bertz CT molecular complexity index is 841. The van der Waals surface area contributed by atoms with Crippen molar-refractivity contribution in [3.63, 3.8) is 0 Å². The third kappa shape index (κ3) is 3.37. The van der Waals surface area contributed by atoms with E-state index in [4.69, 9.17) is 12.2 Å². The van der Waals surface area contributed by atoms with Crippen molar-refractivity contribution >= 4 is 29.9 Å². The van der Waals surface area contributed by atoms with Crippen molar-refractivity contribution in [2.45, 2.75) is 25.4 Å². The average molecular weight is 359 g/mol. The van der Waals surface area contributed by atoms with E-state index < -0.39 is 5.54 Å². The summed E-state index contributed by atoms with van der Waals surface area (Å²) < 4.78 is 2.04. The minimum atomic E-state index is -0.766. The normalized spacial score (nSPS) is 19.8. The lowest BCUT2D eigenvalue weighted by molar-refractivity contribution is -0.122. The maximum atomic E-state index is 12.4. The lowest BCUT2D eigenvalue weighted by Gasteiger charge is -2.21. The summed E-state index contributed by atoms with van der Waals surface area (Å²) in [7, 11) is 0. The molecule has 1 atom stereocenters. The van der Waals surface area contributed by atoms with E-state index in [1.165, 1.54) is 0 Å². The van der Waals surface area contributed by atoms with E-state index in [1.54, 1.807) is 16.3 Å². The van der Waals surface area contributed by atoms with Crippen LogP contribution in [0.25, 0.3) is 11.4 Å². The Morgan fingerprint density at radius 3 is 2.92 bits per heavy atom. The highest BCUT2D eigenvalue weighted by molar-refractivity contribution is 7.99. The van der Waals surface area contributed by atoms with E-state index in [-0.39, 0.29) is 12.5 Å². The SMILES string of the molecule is Cc1ccc(-c2n[nH]c(=S)n2CC(=O)N[C@@]2(C#N)CCSC2)cc1. The molecule has 0 bridgehead atoms. The highest BCUT2D eigenvalue weighted by atomic mass is 32.2. The van der Waals surface area contributed by atoms with E-state index in [2.05, 4.69) is 21.6 Å². The molecule has 124 valence electrons. The first-order valence-corrected chi connectivity index (χ1v) is 9.11. The number of carbonyl (C=O) groups is 1. The first-order chi connectivity index (χ1) is 11.5. The molecule has 1 aromatic carbocycles. The van der Waals surface area contributed by atoms with E-state index >= 15 is 0 Å². The van der Waals surface area contributed by atoms with Gasteiger partial charge in [0.15, 0.2) is 10.6 Å². The van der Waals surface area contributed by atoms with Crippen molar-refractivity contribution in [3.05, 3.63) is 34.6 Å². The Morgan fingerprint density at radius 2 is 2.29 bits per heavy atom. The number of aryl methyl sites for hydroxylation is 1. The van der Waals surface area contributed by atoms with Crippen molar-refractivity contribution < 1.29 is 4.79 Å². The van der Waals surface area contributed by atoms with E-state index in [9.17, 15) is 10.1 Å². The third-order valence-corrected chi connectivity index (χ3v) is 5.49. The number of nitrogens with one attached hydrogen (secondary N) is 2. The fourth-order valence-electron chi connectivity index (χ4n) is 2.62. The summed E-state index contributed by atoms with van der Waals surface area (Å²) in [5.41, 5.74) is 1.26. The Hall–Kier alpha value is -2.11. The lowest BCUT2D eigenvalue weighted by atomic mass is 10.0. The molecule has 1 saturated heterocycles. The molecule has 24 heavy (non-hydrogen) atoms. The van der Waals surface area contributed by atoms with Crippen molar-refractivity contribution in [1.82, 2.24) is 20.1 Å².